The molecule has 0 bridgehead atoms. The van der Waals surface area contributed by atoms with E-state index in [0.717, 1.165) is 38.2 Å². The quantitative estimate of drug-likeness (QED) is 0.865. The molecule has 25 heavy (non-hydrogen) atoms. The molecule has 1 N–H and O–H groups in total. The summed E-state index contributed by atoms with van der Waals surface area (Å²) in [4.78, 5) is 30.5. The van der Waals surface area contributed by atoms with Gasteiger partial charge in [0.25, 0.3) is 0 Å². The maximum Gasteiger partial charge on any atom is 0.309 e. The first-order valence-electron chi connectivity index (χ1n) is 9.10. The monoisotopic (exact) mass is 347 g/mol. The number of hydrogen-bond acceptors (Lipinski definition) is 5. The van der Waals surface area contributed by atoms with Gasteiger partial charge in [0.05, 0.1) is 18.7 Å². The van der Waals surface area contributed by atoms with Gasteiger partial charge in [-0.2, -0.15) is 0 Å². The lowest BCUT2D eigenvalue weighted by molar-refractivity contribution is -0.143. The molecule has 0 spiro atoms. The Labute approximate surface area is 147 Å². The van der Waals surface area contributed by atoms with E-state index < -0.39 is 11.9 Å². The molecule has 1 amide bonds. The first kappa shape index (κ1) is 16.6. The predicted octanol–water partition coefficient (Wildman–Crippen LogP) is 0.719. The Balaban J connectivity index is 1.48. The molecule has 0 radical (unpaired) electrons. The summed E-state index contributed by atoms with van der Waals surface area (Å²) in [7, 11) is 0. The molecule has 136 valence electrons. The molecule has 4 rings (SSSR count). The molecule has 1 aromatic rings. The Morgan fingerprint density at radius 2 is 1.96 bits per heavy atom. The normalized spacial score (nSPS) is 28.4. The van der Waals surface area contributed by atoms with E-state index in [1.165, 1.54) is 0 Å². The number of hydrogen-bond donors (Lipinski definition) is 1. The second kappa shape index (κ2) is 6.80. The van der Waals surface area contributed by atoms with Crippen molar-refractivity contribution in [2.24, 2.45) is 11.8 Å². The van der Waals surface area contributed by atoms with Gasteiger partial charge in [-0.05, 0) is 25.0 Å². The Bertz CT molecular complexity index is 628. The average Bonchev–Trinajstić information content (AvgIpc) is 3.35. The van der Waals surface area contributed by atoms with Gasteiger partial charge in [-0.25, -0.2) is 0 Å². The maximum absolute atomic E-state index is 12.4. The number of piperazine rings is 1. The number of carbonyl (C=O) groups excluding carboxylic acids is 1. The van der Waals surface area contributed by atoms with Crippen molar-refractivity contribution in [1.82, 2.24) is 14.7 Å². The minimum Gasteiger partial charge on any atom is -0.481 e. The van der Waals surface area contributed by atoms with Crippen molar-refractivity contribution in [2.75, 3.05) is 39.3 Å². The van der Waals surface area contributed by atoms with Gasteiger partial charge in [0.2, 0.25) is 5.91 Å². The summed E-state index contributed by atoms with van der Waals surface area (Å²) in [5.41, 5.74) is 0. The molecule has 7 nitrogen and oxygen atoms in total. The predicted molar refractivity (Wildman–Crippen MR) is 89.8 cm³/mol. The smallest absolute Gasteiger partial charge is 0.309 e. The molecule has 3 heterocycles. The zero-order chi connectivity index (χ0) is 17.4. The number of amides is 1. The molecule has 2 atom stereocenters. The standard InChI is InChI=1S/C18H25N3O4/c22-17(13-3-4-13)21-6-5-20-9-14(18(23)24)8-19(10-15(20)11-21)12-16-2-1-7-25-16/h1-2,7,13-15H,3-6,8-12H2,(H,23,24). The van der Waals surface area contributed by atoms with E-state index in [1.807, 2.05) is 17.0 Å². The molecule has 0 aromatic carbocycles. The fourth-order valence-electron chi connectivity index (χ4n) is 4.03. The lowest BCUT2D eigenvalue weighted by atomic mass is 10.1. The fraction of sp³-hybridized carbons (Fsp3) is 0.667. The van der Waals surface area contributed by atoms with Crippen LogP contribution in [0.2, 0.25) is 0 Å². The summed E-state index contributed by atoms with van der Waals surface area (Å²) in [6.07, 6.45) is 3.69. The van der Waals surface area contributed by atoms with Crippen molar-refractivity contribution >= 4 is 11.9 Å². The van der Waals surface area contributed by atoms with Crippen LogP contribution < -0.4 is 0 Å². The minimum atomic E-state index is -0.749. The summed E-state index contributed by atoms with van der Waals surface area (Å²) in [5.74, 6) is 0.214. The fourth-order valence-corrected chi connectivity index (χ4v) is 4.03. The van der Waals surface area contributed by atoms with Crippen LogP contribution in [0.1, 0.15) is 18.6 Å². The number of aliphatic carboxylic acids is 1. The topological polar surface area (TPSA) is 77.2 Å². The second-order valence-corrected chi connectivity index (χ2v) is 7.52. The lowest BCUT2D eigenvalue weighted by Crippen LogP contribution is -2.57. The maximum atomic E-state index is 12.4. The Morgan fingerprint density at radius 3 is 2.64 bits per heavy atom. The third kappa shape index (κ3) is 3.72. The third-order valence-corrected chi connectivity index (χ3v) is 5.55. The molecule has 2 unspecified atom stereocenters. The summed E-state index contributed by atoms with van der Waals surface area (Å²) < 4.78 is 5.44. The molecule has 3 fully saturated rings. The second-order valence-electron chi connectivity index (χ2n) is 7.52. The van der Waals surface area contributed by atoms with E-state index in [0.29, 0.717) is 26.2 Å². The van der Waals surface area contributed by atoms with Crippen molar-refractivity contribution in [2.45, 2.75) is 25.4 Å². The SMILES string of the molecule is O=C(O)C1CN(Cc2ccco2)CC2CN(C(=O)C3CC3)CCN2C1. The molecule has 2 saturated heterocycles. The van der Waals surface area contributed by atoms with E-state index in [-0.39, 0.29) is 17.9 Å². The Kier molecular flexibility index (Phi) is 4.52. The van der Waals surface area contributed by atoms with Crippen LogP contribution in [0.15, 0.2) is 22.8 Å². The van der Waals surface area contributed by atoms with Gasteiger partial charge < -0.3 is 14.4 Å². The van der Waals surface area contributed by atoms with Crippen LogP contribution in [0.3, 0.4) is 0 Å². The molecule has 1 saturated carbocycles. The van der Waals surface area contributed by atoms with Crippen LogP contribution in [-0.4, -0.2) is 77.0 Å². The molecular formula is C18H25N3O4. The van der Waals surface area contributed by atoms with Gasteiger partial charge >= 0.3 is 5.97 Å². The van der Waals surface area contributed by atoms with E-state index in [9.17, 15) is 14.7 Å². The highest BCUT2D eigenvalue weighted by Gasteiger charge is 2.40. The molecule has 1 aromatic heterocycles. The number of carboxylic acid groups (broad SMARTS) is 1. The average molecular weight is 347 g/mol. The highest BCUT2D eigenvalue weighted by Crippen LogP contribution is 2.32. The molecule has 2 aliphatic heterocycles. The van der Waals surface area contributed by atoms with Gasteiger partial charge in [0.15, 0.2) is 0 Å². The van der Waals surface area contributed by atoms with Crippen molar-refractivity contribution < 1.29 is 19.1 Å². The van der Waals surface area contributed by atoms with Crippen LogP contribution in [0.25, 0.3) is 0 Å². The van der Waals surface area contributed by atoms with Crippen LogP contribution in [0.4, 0.5) is 0 Å². The zero-order valence-electron chi connectivity index (χ0n) is 14.3. The van der Waals surface area contributed by atoms with Crippen molar-refractivity contribution in [1.29, 1.82) is 0 Å². The van der Waals surface area contributed by atoms with Gasteiger partial charge in [-0.15, -0.1) is 0 Å². The molecule has 3 aliphatic rings. The summed E-state index contributed by atoms with van der Waals surface area (Å²) in [5, 5.41) is 9.58. The summed E-state index contributed by atoms with van der Waals surface area (Å²) in [6.45, 7) is 4.63. The number of carboxylic acids is 1. The van der Waals surface area contributed by atoms with Gasteiger partial charge in [-0.3, -0.25) is 19.4 Å². The minimum absolute atomic E-state index is 0.191. The van der Waals surface area contributed by atoms with Crippen molar-refractivity contribution in [3.05, 3.63) is 24.2 Å². The summed E-state index contributed by atoms with van der Waals surface area (Å²) in [6, 6.07) is 3.96. The first-order chi connectivity index (χ1) is 12.1. The van der Waals surface area contributed by atoms with E-state index in [1.54, 1.807) is 6.26 Å². The number of rotatable bonds is 4. The van der Waals surface area contributed by atoms with E-state index in [2.05, 4.69) is 9.80 Å². The number of carbonyl (C=O) groups is 2. The summed E-state index contributed by atoms with van der Waals surface area (Å²) >= 11 is 0. The number of fused-ring (bicyclic) bond motifs is 1. The zero-order valence-corrected chi connectivity index (χ0v) is 14.3. The van der Waals surface area contributed by atoms with Crippen LogP contribution in [-0.2, 0) is 16.1 Å². The largest absolute Gasteiger partial charge is 0.481 e. The first-order valence-corrected chi connectivity index (χ1v) is 9.10. The van der Waals surface area contributed by atoms with Crippen molar-refractivity contribution in [3.63, 3.8) is 0 Å². The van der Waals surface area contributed by atoms with Gasteiger partial charge in [-0.1, -0.05) is 0 Å². The van der Waals surface area contributed by atoms with Gasteiger partial charge in [0.1, 0.15) is 5.76 Å². The Morgan fingerprint density at radius 1 is 1.12 bits per heavy atom. The number of furan rings is 1. The lowest BCUT2D eigenvalue weighted by Gasteiger charge is -2.41. The third-order valence-electron chi connectivity index (χ3n) is 5.55. The molecule has 7 heteroatoms. The van der Waals surface area contributed by atoms with E-state index >= 15 is 0 Å². The van der Waals surface area contributed by atoms with Crippen molar-refractivity contribution in [3.8, 4) is 0 Å². The van der Waals surface area contributed by atoms with Gasteiger partial charge in [0, 0.05) is 51.2 Å². The van der Waals surface area contributed by atoms with Crippen LogP contribution in [0, 0.1) is 11.8 Å². The molecular weight excluding hydrogens is 322 g/mol. The molecule has 1 aliphatic carbocycles. The highest BCUT2D eigenvalue weighted by molar-refractivity contribution is 5.81. The Hall–Kier alpha value is -1.86. The highest BCUT2D eigenvalue weighted by atomic mass is 16.4. The van der Waals surface area contributed by atoms with Crippen LogP contribution >= 0.6 is 0 Å². The van der Waals surface area contributed by atoms with E-state index in [4.69, 9.17) is 4.42 Å². The van der Waals surface area contributed by atoms with Crippen LogP contribution in [0.5, 0.6) is 0 Å². The number of nitrogens with zero attached hydrogens (tertiary/aromatic N) is 3.